The maximum Gasteiger partial charge on any atom is 0.259 e. The number of anilines is 1. The van der Waals surface area contributed by atoms with E-state index in [1.165, 1.54) is 19.8 Å². The molecule has 8 nitrogen and oxygen atoms in total. The number of carbonyl (C=O) groups is 1. The van der Waals surface area contributed by atoms with E-state index >= 15 is 0 Å². The summed E-state index contributed by atoms with van der Waals surface area (Å²) in [6, 6.07) is 11.6. The van der Waals surface area contributed by atoms with Gasteiger partial charge in [-0.1, -0.05) is 18.2 Å². The number of hydrogen-bond donors (Lipinski definition) is 2. The zero-order valence-corrected chi connectivity index (χ0v) is 19.4. The molecule has 32 heavy (non-hydrogen) atoms. The first-order valence-electron chi connectivity index (χ1n) is 10.8. The van der Waals surface area contributed by atoms with Crippen molar-refractivity contribution in [1.82, 2.24) is 15.2 Å². The molecule has 1 spiro atoms. The number of aromatic nitrogens is 1. The number of pyridine rings is 1. The van der Waals surface area contributed by atoms with Crippen molar-refractivity contribution >= 4 is 17.4 Å². The van der Waals surface area contributed by atoms with Crippen molar-refractivity contribution in [2.75, 3.05) is 32.6 Å². The van der Waals surface area contributed by atoms with Gasteiger partial charge in [-0.2, -0.15) is 4.98 Å². The minimum atomic E-state index is -0.463. The molecule has 2 aliphatic heterocycles. The molecule has 1 aromatic carbocycles. The Bertz CT molecular complexity index is 1050. The van der Waals surface area contributed by atoms with Crippen molar-refractivity contribution < 1.29 is 14.3 Å². The monoisotopic (exact) mass is 437 g/mol. The second kappa shape index (κ2) is 8.43. The topological polar surface area (TPSA) is 88.1 Å². The molecule has 8 heteroatoms. The fourth-order valence-electron chi connectivity index (χ4n) is 4.21. The molecule has 2 aromatic rings. The van der Waals surface area contributed by atoms with Gasteiger partial charge in [-0.05, 0) is 44.9 Å². The van der Waals surface area contributed by atoms with Crippen LogP contribution in [0.2, 0.25) is 0 Å². The van der Waals surface area contributed by atoms with E-state index < -0.39 is 5.54 Å². The lowest BCUT2D eigenvalue weighted by Gasteiger charge is -2.32. The summed E-state index contributed by atoms with van der Waals surface area (Å²) in [5.74, 6) is 1.42. The molecule has 0 bridgehead atoms. The SMILES string of the molecule is COc1ccc(C(=O)N2CC[C@]3(C2)NCc2ccccc2NC3=NC(C)(C)C)c(OC)n1. The van der Waals surface area contributed by atoms with Crippen molar-refractivity contribution in [1.29, 1.82) is 0 Å². The fraction of sp³-hybridized carbons (Fsp3) is 0.458. The normalized spacial score (nSPS) is 21.8. The number of amides is 1. The van der Waals surface area contributed by atoms with Gasteiger partial charge in [-0.25, -0.2) is 0 Å². The van der Waals surface area contributed by atoms with Crippen molar-refractivity contribution in [2.24, 2.45) is 4.99 Å². The van der Waals surface area contributed by atoms with E-state index in [0.29, 0.717) is 31.1 Å². The number of nitrogens with zero attached hydrogens (tertiary/aromatic N) is 3. The van der Waals surface area contributed by atoms with Gasteiger partial charge in [0.2, 0.25) is 11.8 Å². The number of ether oxygens (including phenoxy) is 2. The molecular formula is C24H31N5O3. The lowest BCUT2D eigenvalue weighted by molar-refractivity contribution is 0.0781. The highest BCUT2D eigenvalue weighted by Crippen LogP contribution is 2.32. The van der Waals surface area contributed by atoms with Gasteiger partial charge in [0.05, 0.1) is 25.3 Å². The number of hydrogen-bond acceptors (Lipinski definition) is 6. The van der Waals surface area contributed by atoms with Crippen molar-refractivity contribution in [3.8, 4) is 11.8 Å². The molecule has 0 radical (unpaired) electrons. The van der Waals surface area contributed by atoms with Gasteiger partial charge in [-0.15, -0.1) is 0 Å². The number of nitrogens with one attached hydrogen (secondary N) is 2. The van der Waals surface area contributed by atoms with Crippen LogP contribution in [0.1, 0.15) is 43.1 Å². The lowest BCUT2D eigenvalue weighted by atomic mass is 9.95. The summed E-state index contributed by atoms with van der Waals surface area (Å²) in [5.41, 5.74) is 1.92. The quantitative estimate of drug-likeness (QED) is 0.767. The summed E-state index contributed by atoms with van der Waals surface area (Å²) in [4.78, 5) is 24.6. The fourth-order valence-corrected chi connectivity index (χ4v) is 4.21. The van der Waals surface area contributed by atoms with Crippen LogP contribution in [0.15, 0.2) is 41.4 Å². The molecule has 1 aromatic heterocycles. The Balaban J connectivity index is 1.66. The van der Waals surface area contributed by atoms with Gasteiger partial charge in [0.15, 0.2) is 0 Å². The Labute approximate surface area is 189 Å². The molecule has 3 heterocycles. The van der Waals surface area contributed by atoms with Crippen LogP contribution < -0.4 is 20.1 Å². The van der Waals surface area contributed by atoms with Gasteiger partial charge in [0.1, 0.15) is 11.4 Å². The summed E-state index contributed by atoms with van der Waals surface area (Å²) in [7, 11) is 3.04. The molecular weight excluding hydrogens is 406 g/mol. The predicted molar refractivity (Wildman–Crippen MR) is 125 cm³/mol. The van der Waals surface area contributed by atoms with Crippen molar-refractivity contribution in [3.63, 3.8) is 0 Å². The number of rotatable bonds is 3. The summed E-state index contributed by atoms with van der Waals surface area (Å²) in [5, 5.41) is 7.30. The van der Waals surface area contributed by atoms with Crippen molar-refractivity contribution in [2.45, 2.75) is 44.8 Å². The van der Waals surface area contributed by atoms with Crippen molar-refractivity contribution in [3.05, 3.63) is 47.5 Å². The van der Waals surface area contributed by atoms with E-state index in [1.807, 2.05) is 17.0 Å². The minimum absolute atomic E-state index is 0.118. The first kappa shape index (κ1) is 22.1. The highest BCUT2D eigenvalue weighted by atomic mass is 16.5. The Morgan fingerprint density at radius 2 is 1.94 bits per heavy atom. The number of aliphatic imine (C=N–C) groups is 1. The maximum atomic E-state index is 13.4. The van der Waals surface area contributed by atoms with Crippen LogP contribution in [0.5, 0.6) is 11.8 Å². The molecule has 4 rings (SSSR count). The third kappa shape index (κ3) is 4.27. The molecule has 1 saturated heterocycles. The van der Waals surface area contributed by atoms with Crippen LogP contribution in [-0.4, -0.2) is 60.0 Å². The Kier molecular flexibility index (Phi) is 5.81. The largest absolute Gasteiger partial charge is 0.481 e. The molecule has 0 saturated carbocycles. The molecule has 0 unspecified atom stereocenters. The third-order valence-corrected chi connectivity index (χ3v) is 5.81. The number of fused-ring (bicyclic) bond motifs is 1. The van der Waals surface area contributed by atoms with Crippen LogP contribution in [0.3, 0.4) is 0 Å². The standard InChI is InChI=1S/C24H31N5O3/c1-23(2,3)28-22-24(25-14-16-8-6-7-9-18(16)26-22)12-13-29(15-24)21(30)17-10-11-19(31-4)27-20(17)32-5/h6-11,25H,12-15H2,1-5H3,(H,26,28)/t24-/m1/s1. The summed E-state index contributed by atoms with van der Waals surface area (Å²) in [6.45, 7) is 8.04. The van der Waals surface area contributed by atoms with Gasteiger partial charge >= 0.3 is 0 Å². The Morgan fingerprint density at radius 3 is 2.66 bits per heavy atom. The number of amidine groups is 1. The average molecular weight is 438 g/mol. The predicted octanol–water partition coefficient (Wildman–Crippen LogP) is 3.10. The molecule has 2 N–H and O–H groups in total. The Morgan fingerprint density at radius 1 is 1.16 bits per heavy atom. The van der Waals surface area contributed by atoms with E-state index in [2.05, 4.69) is 48.5 Å². The number of carbonyl (C=O) groups excluding carboxylic acids is 1. The highest BCUT2D eigenvalue weighted by Gasteiger charge is 2.46. The maximum absolute atomic E-state index is 13.4. The van der Waals surface area contributed by atoms with E-state index in [1.54, 1.807) is 12.1 Å². The molecule has 2 aliphatic rings. The van der Waals surface area contributed by atoms with E-state index in [9.17, 15) is 4.79 Å². The molecule has 170 valence electrons. The first-order valence-corrected chi connectivity index (χ1v) is 10.8. The van der Waals surface area contributed by atoms with E-state index in [4.69, 9.17) is 14.5 Å². The van der Waals surface area contributed by atoms with E-state index in [0.717, 1.165) is 17.9 Å². The second-order valence-electron chi connectivity index (χ2n) is 9.24. The van der Waals surface area contributed by atoms with Gasteiger partial charge in [0, 0.05) is 31.4 Å². The van der Waals surface area contributed by atoms with Gasteiger partial charge < -0.3 is 19.7 Å². The summed E-state index contributed by atoms with van der Waals surface area (Å²) >= 11 is 0. The van der Waals surface area contributed by atoms with Gasteiger partial charge in [-0.3, -0.25) is 15.1 Å². The highest BCUT2D eigenvalue weighted by molar-refractivity contribution is 6.05. The van der Waals surface area contributed by atoms with Crippen LogP contribution in [0.25, 0.3) is 0 Å². The number of para-hydroxylation sites is 1. The van der Waals surface area contributed by atoms with Crippen LogP contribution in [0.4, 0.5) is 5.69 Å². The van der Waals surface area contributed by atoms with Gasteiger partial charge in [0.25, 0.3) is 5.91 Å². The first-order chi connectivity index (χ1) is 15.2. The van der Waals surface area contributed by atoms with E-state index in [-0.39, 0.29) is 17.3 Å². The number of methoxy groups -OCH3 is 2. The molecule has 1 amide bonds. The Hall–Kier alpha value is -3.13. The molecule has 1 fully saturated rings. The van der Waals surface area contributed by atoms with Crippen LogP contribution >= 0.6 is 0 Å². The lowest BCUT2D eigenvalue weighted by Crippen LogP contribution is -2.56. The molecule has 1 atom stereocenters. The minimum Gasteiger partial charge on any atom is -0.481 e. The second-order valence-corrected chi connectivity index (χ2v) is 9.24. The summed E-state index contributed by atoms with van der Waals surface area (Å²) in [6.07, 6.45) is 0.751. The smallest absolute Gasteiger partial charge is 0.259 e. The zero-order chi connectivity index (χ0) is 22.9. The van der Waals surface area contributed by atoms with Crippen LogP contribution in [-0.2, 0) is 6.54 Å². The zero-order valence-electron chi connectivity index (χ0n) is 19.4. The number of likely N-dealkylation sites (tertiary alicyclic amines) is 1. The summed E-state index contributed by atoms with van der Waals surface area (Å²) < 4.78 is 10.5. The average Bonchev–Trinajstić information content (AvgIpc) is 3.15. The third-order valence-electron chi connectivity index (χ3n) is 5.81. The van der Waals surface area contributed by atoms with Crippen LogP contribution in [0, 0.1) is 0 Å². The number of benzene rings is 1. The molecule has 0 aliphatic carbocycles.